The number of hydrogen-bond donors (Lipinski definition) is 1. The quantitative estimate of drug-likeness (QED) is 0.473. The van der Waals surface area contributed by atoms with Crippen molar-refractivity contribution in [1.82, 2.24) is 9.97 Å². The molecule has 1 aliphatic carbocycles. The molecule has 0 spiro atoms. The average molecular weight is 446 g/mol. The summed E-state index contributed by atoms with van der Waals surface area (Å²) in [5, 5.41) is 3.00. The number of carbonyl (C=O) groups excluding carboxylic acids is 1. The van der Waals surface area contributed by atoms with Crippen LogP contribution in [0.3, 0.4) is 0 Å². The normalized spacial score (nSPS) is 13.6. The molecule has 0 atom stereocenters. The second kappa shape index (κ2) is 10.9. The Morgan fingerprint density at radius 1 is 1.03 bits per heavy atom. The first kappa shape index (κ1) is 22.8. The van der Waals surface area contributed by atoms with Gasteiger partial charge in [0.15, 0.2) is 5.82 Å². The maximum absolute atomic E-state index is 12.8. The first-order valence-corrected chi connectivity index (χ1v) is 11.7. The Labute approximate surface area is 195 Å². The molecule has 1 fully saturated rings. The Morgan fingerprint density at radius 2 is 1.73 bits per heavy atom. The van der Waals surface area contributed by atoms with Crippen molar-refractivity contribution < 1.29 is 14.3 Å². The lowest BCUT2D eigenvalue weighted by Gasteiger charge is -2.15. The first-order valence-electron chi connectivity index (χ1n) is 11.7. The molecule has 6 nitrogen and oxygen atoms in total. The Balaban J connectivity index is 1.53. The van der Waals surface area contributed by atoms with E-state index in [0.717, 1.165) is 40.4 Å². The van der Waals surface area contributed by atoms with Gasteiger partial charge in [0.2, 0.25) is 5.91 Å². The van der Waals surface area contributed by atoms with Gasteiger partial charge in [0.05, 0.1) is 37.7 Å². The number of rotatable bonds is 9. The van der Waals surface area contributed by atoms with Crippen molar-refractivity contribution >= 4 is 11.7 Å². The largest absolute Gasteiger partial charge is 0.497 e. The molecule has 33 heavy (non-hydrogen) atoms. The predicted octanol–water partition coefficient (Wildman–Crippen LogP) is 5.46. The zero-order valence-corrected chi connectivity index (χ0v) is 19.3. The molecule has 1 saturated carbocycles. The average Bonchev–Trinajstić information content (AvgIpc) is 3.34. The van der Waals surface area contributed by atoms with Crippen LogP contribution in [0.15, 0.2) is 54.7 Å². The van der Waals surface area contributed by atoms with Crippen LogP contribution in [0, 0.1) is 5.92 Å². The molecule has 1 N–H and O–H groups in total. The molecule has 2 aromatic carbocycles. The zero-order chi connectivity index (χ0) is 23.0. The summed E-state index contributed by atoms with van der Waals surface area (Å²) in [6.07, 6.45) is 7.76. The Kier molecular flexibility index (Phi) is 7.55. The summed E-state index contributed by atoms with van der Waals surface area (Å²) in [6, 6.07) is 15.4. The smallest absolute Gasteiger partial charge is 0.229 e. The standard InChI is InChI=1S/C27H31N3O3/c1-3-33-23-14-10-21(11-15-23)25-18-28-27(24(29-25)16-19-6-4-5-7-19)30-26(31)17-20-8-12-22(32-2)13-9-20/h8-15,18-19H,3-7,16-17H2,1-2H3,(H,28,30,31). The summed E-state index contributed by atoms with van der Waals surface area (Å²) < 4.78 is 10.7. The number of benzene rings is 2. The topological polar surface area (TPSA) is 73.3 Å². The van der Waals surface area contributed by atoms with Gasteiger partial charge >= 0.3 is 0 Å². The van der Waals surface area contributed by atoms with E-state index in [4.69, 9.17) is 14.5 Å². The molecule has 4 rings (SSSR count). The molecule has 3 aromatic rings. The van der Waals surface area contributed by atoms with Crippen LogP contribution in [0.25, 0.3) is 11.3 Å². The van der Waals surface area contributed by atoms with Gasteiger partial charge in [0.1, 0.15) is 11.5 Å². The molecule has 1 aliphatic rings. The molecule has 1 amide bonds. The van der Waals surface area contributed by atoms with Gasteiger partial charge in [-0.05, 0) is 61.2 Å². The number of nitrogens with zero attached hydrogens (tertiary/aromatic N) is 2. The SMILES string of the molecule is CCOc1ccc(-c2cnc(NC(=O)Cc3ccc(OC)cc3)c(CC3CCCC3)n2)cc1. The van der Waals surface area contributed by atoms with Crippen molar-refractivity contribution in [2.75, 3.05) is 19.0 Å². The number of ether oxygens (including phenoxy) is 2. The molecule has 0 saturated heterocycles. The number of nitrogens with one attached hydrogen (secondary N) is 1. The van der Waals surface area contributed by atoms with Crippen LogP contribution < -0.4 is 14.8 Å². The molecule has 1 heterocycles. The van der Waals surface area contributed by atoms with Gasteiger partial charge in [0, 0.05) is 5.56 Å². The summed E-state index contributed by atoms with van der Waals surface area (Å²) in [5.74, 6) is 2.66. The highest BCUT2D eigenvalue weighted by atomic mass is 16.5. The van der Waals surface area contributed by atoms with Crippen LogP contribution >= 0.6 is 0 Å². The van der Waals surface area contributed by atoms with E-state index < -0.39 is 0 Å². The monoisotopic (exact) mass is 445 g/mol. The molecular formula is C27H31N3O3. The van der Waals surface area contributed by atoms with Crippen molar-refractivity contribution in [2.24, 2.45) is 5.92 Å². The van der Waals surface area contributed by atoms with Crippen molar-refractivity contribution in [1.29, 1.82) is 0 Å². The lowest BCUT2D eigenvalue weighted by atomic mass is 10.0. The molecule has 0 radical (unpaired) electrons. The lowest BCUT2D eigenvalue weighted by molar-refractivity contribution is -0.115. The Bertz CT molecular complexity index is 1060. The predicted molar refractivity (Wildman–Crippen MR) is 130 cm³/mol. The number of methoxy groups -OCH3 is 1. The van der Waals surface area contributed by atoms with Crippen LogP contribution in [0.2, 0.25) is 0 Å². The molecule has 0 bridgehead atoms. The van der Waals surface area contributed by atoms with Gasteiger partial charge in [-0.15, -0.1) is 0 Å². The van der Waals surface area contributed by atoms with E-state index in [1.54, 1.807) is 13.3 Å². The van der Waals surface area contributed by atoms with Crippen molar-refractivity contribution in [3.63, 3.8) is 0 Å². The second-order valence-electron chi connectivity index (χ2n) is 8.44. The third-order valence-electron chi connectivity index (χ3n) is 6.04. The first-order chi connectivity index (χ1) is 16.1. The van der Waals surface area contributed by atoms with E-state index in [2.05, 4.69) is 10.3 Å². The third-order valence-corrected chi connectivity index (χ3v) is 6.04. The van der Waals surface area contributed by atoms with E-state index in [9.17, 15) is 4.79 Å². The van der Waals surface area contributed by atoms with E-state index in [0.29, 0.717) is 18.3 Å². The Hall–Kier alpha value is -3.41. The van der Waals surface area contributed by atoms with Gasteiger partial charge in [0.25, 0.3) is 0 Å². The highest BCUT2D eigenvalue weighted by Crippen LogP contribution is 2.30. The minimum absolute atomic E-state index is 0.101. The molecule has 0 unspecified atom stereocenters. The molecule has 1 aromatic heterocycles. The fourth-order valence-electron chi connectivity index (χ4n) is 4.29. The third kappa shape index (κ3) is 6.09. The van der Waals surface area contributed by atoms with E-state index in [1.807, 2.05) is 55.5 Å². The molecule has 6 heteroatoms. The van der Waals surface area contributed by atoms with Gasteiger partial charge in [-0.1, -0.05) is 37.8 Å². The highest BCUT2D eigenvalue weighted by Gasteiger charge is 2.20. The second-order valence-corrected chi connectivity index (χ2v) is 8.44. The minimum atomic E-state index is -0.101. The minimum Gasteiger partial charge on any atom is -0.497 e. The fraction of sp³-hybridized carbons (Fsp3) is 0.370. The zero-order valence-electron chi connectivity index (χ0n) is 19.3. The maximum atomic E-state index is 12.8. The fourth-order valence-corrected chi connectivity index (χ4v) is 4.29. The summed E-state index contributed by atoms with van der Waals surface area (Å²) in [5.41, 5.74) is 3.56. The van der Waals surface area contributed by atoms with Crippen LogP contribution in [0.5, 0.6) is 11.5 Å². The number of anilines is 1. The van der Waals surface area contributed by atoms with Crippen molar-refractivity contribution in [3.05, 3.63) is 66.0 Å². The number of aromatic nitrogens is 2. The van der Waals surface area contributed by atoms with E-state index in [-0.39, 0.29) is 12.3 Å². The Morgan fingerprint density at radius 3 is 2.39 bits per heavy atom. The van der Waals surface area contributed by atoms with Gasteiger partial charge in [-0.2, -0.15) is 0 Å². The molecule has 172 valence electrons. The van der Waals surface area contributed by atoms with E-state index >= 15 is 0 Å². The van der Waals surface area contributed by atoms with Crippen molar-refractivity contribution in [3.8, 4) is 22.8 Å². The number of amides is 1. The van der Waals surface area contributed by atoms with Crippen molar-refractivity contribution in [2.45, 2.75) is 45.4 Å². The summed E-state index contributed by atoms with van der Waals surface area (Å²) in [4.78, 5) is 22.3. The van der Waals surface area contributed by atoms with E-state index in [1.165, 1.54) is 25.7 Å². The van der Waals surface area contributed by atoms with Crippen LogP contribution in [0.4, 0.5) is 5.82 Å². The van der Waals surface area contributed by atoms with Crippen LogP contribution in [-0.4, -0.2) is 29.6 Å². The van der Waals surface area contributed by atoms with Gasteiger partial charge in [-0.3, -0.25) is 4.79 Å². The molecular weight excluding hydrogens is 414 g/mol. The summed E-state index contributed by atoms with van der Waals surface area (Å²) in [7, 11) is 1.63. The van der Waals surface area contributed by atoms with Crippen LogP contribution in [-0.2, 0) is 17.6 Å². The summed E-state index contributed by atoms with van der Waals surface area (Å²) in [6.45, 7) is 2.60. The number of carbonyl (C=O) groups is 1. The number of hydrogen-bond acceptors (Lipinski definition) is 5. The lowest BCUT2D eigenvalue weighted by Crippen LogP contribution is -2.18. The molecule has 0 aliphatic heterocycles. The van der Waals surface area contributed by atoms with Crippen LogP contribution in [0.1, 0.15) is 43.9 Å². The highest BCUT2D eigenvalue weighted by molar-refractivity contribution is 5.92. The van der Waals surface area contributed by atoms with Gasteiger partial charge < -0.3 is 14.8 Å². The van der Waals surface area contributed by atoms with Gasteiger partial charge in [-0.25, -0.2) is 9.97 Å². The maximum Gasteiger partial charge on any atom is 0.229 e. The summed E-state index contributed by atoms with van der Waals surface area (Å²) >= 11 is 0.